The van der Waals surface area contributed by atoms with Gasteiger partial charge in [0.05, 0.1) is 34.0 Å². The molecule has 0 fully saturated rings. The average Bonchev–Trinajstić information content (AvgIpc) is 3.27. The van der Waals surface area contributed by atoms with Crippen molar-refractivity contribution < 1.29 is 8.78 Å². The summed E-state index contributed by atoms with van der Waals surface area (Å²) >= 11 is 6.10. The minimum atomic E-state index is -0.732. The molecule has 0 amide bonds. The van der Waals surface area contributed by atoms with Crippen LogP contribution in [0.3, 0.4) is 0 Å². The van der Waals surface area contributed by atoms with Crippen LogP contribution in [0, 0.1) is 11.6 Å². The van der Waals surface area contributed by atoms with Crippen LogP contribution >= 0.6 is 11.6 Å². The van der Waals surface area contributed by atoms with Gasteiger partial charge in [-0.25, -0.2) is 28.7 Å². The van der Waals surface area contributed by atoms with Crippen LogP contribution in [0.5, 0.6) is 0 Å². The molecular formula is C21H14ClF2N7O. The van der Waals surface area contributed by atoms with Gasteiger partial charge in [0, 0.05) is 0 Å². The van der Waals surface area contributed by atoms with Crippen molar-refractivity contribution in [1.29, 1.82) is 0 Å². The Morgan fingerprint density at radius 1 is 1.09 bits per heavy atom. The first-order valence-electron chi connectivity index (χ1n) is 9.51. The van der Waals surface area contributed by atoms with E-state index in [0.717, 1.165) is 6.07 Å². The Kier molecular flexibility index (Phi) is 4.78. The average molecular weight is 454 g/mol. The van der Waals surface area contributed by atoms with Crippen molar-refractivity contribution in [2.75, 3.05) is 5.32 Å². The summed E-state index contributed by atoms with van der Waals surface area (Å²) in [5, 5.41) is 2.80. The molecule has 0 saturated carbocycles. The van der Waals surface area contributed by atoms with Gasteiger partial charge in [-0.3, -0.25) is 9.36 Å². The Hall–Kier alpha value is -3.92. The molecule has 0 aliphatic carbocycles. The number of imidazole rings is 1. The maximum Gasteiger partial charge on any atom is 0.267 e. The van der Waals surface area contributed by atoms with Gasteiger partial charge in [-0.15, -0.1) is 0 Å². The number of anilines is 1. The van der Waals surface area contributed by atoms with Gasteiger partial charge in [-0.05, 0) is 43.3 Å². The molecule has 0 saturated heterocycles. The van der Waals surface area contributed by atoms with Crippen LogP contribution in [-0.2, 0) is 0 Å². The van der Waals surface area contributed by atoms with Crippen LogP contribution in [-0.4, -0.2) is 29.5 Å². The second kappa shape index (κ2) is 7.65. The third-order valence-electron chi connectivity index (χ3n) is 5.00. The topological polar surface area (TPSA) is 101 Å². The lowest BCUT2D eigenvalue weighted by molar-refractivity contribution is 0.626. The largest absolute Gasteiger partial charge is 0.358 e. The number of hydrogen-bond donors (Lipinski definition) is 2. The van der Waals surface area contributed by atoms with Gasteiger partial charge in [-0.1, -0.05) is 11.6 Å². The Balaban J connectivity index is 1.73. The van der Waals surface area contributed by atoms with Crippen LogP contribution in [0.4, 0.5) is 14.6 Å². The van der Waals surface area contributed by atoms with E-state index in [9.17, 15) is 13.6 Å². The summed E-state index contributed by atoms with van der Waals surface area (Å²) in [5.74, 6) is -0.473. The second-order valence-electron chi connectivity index (χ2n) is 7.03. The highest BCUT2D eigenvalue weighted by Gasteiger charge is 2.22. The maximum absolute atomic E-state index is 14.1. The highest BCUT2D eigenvalue weighted by Crippen LogP contribution is 2.27. The van der Waals surface area contributed by atoms with Gasteiger partial charge in [0.15, 0.2) is 11.5 Å². The molecular weight excluding hydrogens is 440 g/mol. The summed E-state index contributed by atoms with van der Waals surface area (Å²) in [6.07, 6.45) is 2.87. The number of nitrogens with zero attached hydrogens (tertiary/aromatic N) is 5. The van der Waals surface area contributed by atoms with Crippen molar-refractivity contribution in [3.05, 3.63) is 81.9 Å². The lowest BCUT2D eigenvalue weighted by atomic mass is 10.2. The number of aromatic nitrogens is 6. The third kappa shape index (κ3) is 3.25. The van der Waals surface area contributed by atoms with Gasteiger partial charge in [0.1, 0.15) is 29.3 Å². The minimum Gasteiger partial charge on any atom is -0.358 e. The van der Waals surface area contributed by atoms with E-state index in [1.807, 2.05) is 0 Å². The van der Waals surface area contributed by atoms with Crippen LogP contribution in [0.2, 0.25) is 5.02 Å². The monoisotopic (exact) mass is 453 g/mol. The van der Waals surface area contributed by atoms with Gasteiger partial charge in [0.2, 0.25) is 0 Å². The number of benzene rings is 2. The highest BCUT2D eigenvalue weighted by molar-refractivity contribution is 6.35. The zero-order chi connectivity index (χ0) is 22.4. The molecule has 3 aromatic heterocycles. The van der Waals surface area contributed by atoms with Crippen molar-refractivity contribution in [2.45, 2.75) is 13.0 Å². The maximum atomic E-state index is 14.1. The molecule has 0 aliphatic heterocycles. The molecule has 8 nitrogen and oxygen atoms in total. The Morgan fingerprint density at radius 3 is 2.66 bits per heavy atom. The number of fused-ring (bicyclic) bond motifs is 2. The zero-order valence-electron chi connectivity index (χ0n) is 16.5. The summed E-state index contributed by atoms with van der Waals surface area (Å²) in [6.45, 7) is 1.78. The molecule has 32 heavy (non-hydrogen) atoms. The Morgan fingerprint density at radius 2 is 1.88 bits per heavy atom. The first kappa shape index (κ1) is 20.0. The van der Waals surface area contributed by atoms with E-state index < -0.39 is 23.2 Å². The predicted molar refractivity (Wildman–Crippen MR) is 116 cm³/mol. The van der Waals surface area contributed by atoms with Crippen LogP contribution in [0.25, 0.3) is 27.8 Å². The smallest absolute Gasteiger partial charge is 0.267 e. The quantitative estimate of drug-likeness (QED) is 0.424. The molecule has 160 valence electrons. The molecule has 5 aromatic rings. The van der Waals surface area contributed by atoms with E-state index in [2.05, 4.69) is 30.2 Å². The van der Waals surface area contributed by atoms with Crippen molar-refractivity contribution in [1.82, 2.24) is 29.5 Å². The van der Waals surface area contributed by atoms with E-state index >= 15 is 0 Å². The molecule has 2 aromatic carbocycles. The number of hydrogen-bond acceptors (Lipinski definition) is 6. The highest BCUT2D eigenvalue weighted by atomic mass is 35.5. The number of aromatic amines is 1. The van der Waals surface area contributed by atoms with E-state index in [4.69, 9.17) is 11.6 Å². The van der Waals surface area contributed by atoms with Crippen molar-refractivity contribution >= 4 is 39.5 Å². The zero-order valence-corrected chi connectivity index (χ0v) is 17.2. The van der Waals surface area contributed by atoms with Crippen molar-refractivity contribution in [2.24, 2.45) is 0 Å². The van der Waals surface area contributed by atoms with E-state index in [1.165, 1.54) is 47.6 Å². The second-order valence-corrected chi connectivity index (χ2v) is 7.41. The summed E-state index contributed by atoms with van der Waals surface area (Å²) in [7, 11) is 0. The first-order chi connectivity index (χ1) is 15.4. The molecule has 2 N–H and O–H groups in total. The van der Waals surface area contributed by atoms with Crippen molar-refractivity contribution in [3.8, 4) is 5.69 Å². The van der Waals surface area contributed by atoms with Gasteiger partial charge in [-0.2, -0.15) is 0 Å². The SMILES string of the molecule is C[C@@H](Nc1ncnc2[nH]cnc12)c1nc2ccc(F)c(Cl)c2c(=O)n1-c1ccc(F)cc1. The van der Waals surface area contributed by atoms with Crippen molar-refractivity contribution in [3.63, 3.8) is 0 Å². The molecule has 3 heterocycles. The molecule has 0 radical (unpaired) electrons. The fourth-order valence-corrected chi connectivity index (χ4v) is 3.74. The molecule has 11 heteroatoms. The third-order valence-corrected chi connectivity index (χ3v) is 5.37. The lowest BCUT2D eigenvalue weighted by Gasteiger charge is -2.20. The van der Waals surface area contributed by atoms with Crippen LogP contribution < -0.4 is 10.9 Å². The molecule has 0 aliphatic rings. The van der Waals surface area contributed by atoms with Gasteiger partial charge >= 0.3 is 0 Å². The lowest BCUT2D eigenvalue weighted by Crippen LogP contribution is -2.27. The fraction of sp³-hybridized carbons (Fsp3) is 0.0952. The van der Waals surface area contributed by atoms with Crippen LogP contribution in [0.15, 0.2) is 53.8 Å². The molecule has 0 bridgehead atoms. The Labute approximate surface area is 184 Å². The molecule has 5 rings (SSSR count). The Bertz CT molecular complexity index is 1530. The molecule has 0 unspecified atom stereocenters. The number of H-pyrrole nitrogens is 1. The summed E-state index contributed by atoms with van der Waals surface area (Å²) < 4.78 is 28.9. The van der Waals surface area contributed by atoms with E-state index in [1.54, 1.807) is 6.92 Å². The first-order valence-corrected chi connectivity index (χ1v) is 9.89. The van der Waals surface area contributed by atoms with Gasteiger partial charge in [0.25, 0.3) is 5.56 Å². The molecule has 1 atom stereocenters. The summed E-state index contributed by atoms with van der Waals surface area (Å²) in [5.41, 5.74) is 1.06. The van der Waals surface area contributed by atoms with E-state index in [-0.39, 0.29) is 15.9 Å². The summed E-state index contributed by atoms with van der Waals surface area (Å²) in [6, 6.07) is 7.29. The van der Waals surface area contributed by atoms with Gasteiger partial charge < -0.3 is 10.3 Å². The number of nitrogens with one attached hydrogen (secondary N) is 2. The number of halogens is 3. The number of rotatable bonds is 4. The fourth-order valence-electron chi connectivity index (χ4n) is 3.50. The minimum absolute atomic E-state index is 0.0660. The van der Waals surface area contributed by atoms with E-state index in [0.29, 0.717) is 28.5 Å². The normalized spacial score (nSPS) is 12.4. The predicted octanol–water partition coefficient (Wildman–Crippen LogP) is 4.16. The standard InChI is InChI=1S/C21H14ClF2N7O/c1-10(29-19-17-18(26-8-25-17)27-9-28-19)20-30-14-7-6-13(24)16(22)15(14)21(32)31(20)12-4-2-11(23)3-5-12/h2-10H,1H3,(H2,25,26,27,28,29)/t10-/m1/s1. The summed E-state index contributed by atoms with van der Waals surface area (Å²) in [4.78, 5) is 33.5. The molecule has 0 spiro atoms. The van der Waals surface area contributed by atoms with Crippen LogP contribution in [0.1, 0.15) is 18.8 Å².